The molecular weight excluding hydrogens is 256 g/mol. The van der Waals surface area contributed by atoms with Crippen molar-refractivity contribution in [1.29, 1.82) is 0 Å². The van der Waals surface area contributed by atoms with E-state index in [1.807, 2.05) is 24.1 Å². The second-order valence-electron chi connectivity index (χ2n) is 4.69. The number of thiophene rings is 1. The first-order valence-corrected chi connectivity index (χ1v) is 7.06. The molecule has 1 aliphatic rings. The Morgan fingerprint density at radius 1 is 1.65 bits per heavy atom. The predicted octanol–water partition coefficient (Wildman–Crippen LogP) is 2.66. The molecule has 17 heavy (non-hydrogen) atoms. The number of aryl methyl sites for hydroxylation is 1. The molecule has 0 aliphatic carbocycles. The van der Waals surface area contributed by atoms with Crippen LogP contribution in [-0.4, -0.2) is 29.4 Å². The van der Waals surface area contributed by atoms with Gasteiger partial charge in [0.1, 0.15) is 4.88 Å². The summed E-state index contributed by atoms with van der Waals surface area (Å²) in [5.74, 6) is 0.0486. The standard InChI is InChI=1S/C12H17ClN2OS/c1-7-6-17-11(10(7)13)12(16)15-4-3-9(14)5-8(15)2/h6,8-9H,3-5,14H2,1-2H3. The van der Waals surface area contributed by atoms with E-state index in [1.54, 1.807) is 0 Å². The number of halogens is 1. The second-order valence-corrected chi connectivity index (χ2v) is 5.95. The Labute approximate surface area is 111 Å². The lowest BCUT2D eigenvalue weighted by Gasteiger charge is -2.36. The van der Waals surface area contributed by atoms with E-state index in [4.69, 9.17) is 17.3 Å². The maximum Gasteiger partial charge on any atom is 0.265 e. The van der Waals surface area contributed by atoms with Gasteiger partial charge in [-0.3, -0.25) is 4.79 Å². The quantitative estimate of drug-likeness (QED) is 0.854. The Hall–Kier alpha value is -0.580. The molecule has 0 radical (unpaired) electrons. The average Bonchev–Trinajstić information content (AvgIpc) is 2.59. The molecule has 5 heteroatoms. The Balaban J connectivity index is 2.18. The molecule has 2 unspecified atom stereocenters. The van der Waals surface area contributed by atoms with E-state index < -0.39 is 0 Å². The molecule has 1 aliphatic heterocycles. The summed E-state index contributed by atoms with van der Waals surface area (Å²) < 4.78 is 0. The highest BCUT2D eigenvalue weighted by atomic mass is 35.5. The molecule has 1 aromatic heterocycles. The van der Waals surface area contributed by atoms with Crippen LogP contribution in [0.3, 0.4) is 0 Å². The monoisotopic (exact) mass is 272 g/mol. The third kappa shape index (κ3) is 2.49. The van der Waals surface area contributed by atoms with Gasteiger partial charge in [-0.1, -0.05) is 11.6 Å². The highest BCUT2D eigenvalue weighted by molar-refractivity contribution is 7.13. The number of hydrogen-bond donors (Lipinski definition) is 1. The fourth-order valence-electron chi connectivity index (χ4n) is 2.21. The third-order valence-electron chi connectivity index (χ3n) is 3.27. The van der Waals surface area contributed by atoms with Gasteiger partial charge in [-0.05, 0) is 37.6 Å². The molecule has 2 N–H and O–H groups in total. The molecule has 2 heterocycles. The zero-order valence-corrected chi connectivity index (χ0v) is 11.6. The number of piperidine rings is 1. The summed E-state index contributed by atoms with van der Waals surface area (Å²) in [5.41, 5.74) is 6.87. The molecule has 1 aromatic rings. The zero-order valence-electron chi connectivity index (χ0n) is 10.1. The summed E-state index contributed by atoms with van der Waals surface area (Å²) in [6.45, 7) is 4.70. The lowest BCUT2D eigenvalue weighted by molar-refractivity contribution is 0.0624. The first kappa shape index (κ1) is 12.9. The lowest BCUT2D eigenvalue weighted by Crippen LogP contribution is -2.48. The van der Waals surface area contributed by atoms with E-state index >= 15 is 0 Å². The summed E-state index contributed by atoms with van der Waals surface area (Å²) in [4.78, 5) is 14.9. The van der Waals surface area contributed by atoms with Crippen molar-refractivity contribution in [2.45, 2.75) is 38.8 Å². The van der Waals surface area contributed by atoms with Gasteiger partial charge in [-0.2, -0.15) is 0 Å². The first-order chi connectivity index (χ1) is 8.00. The van der Waals surface area contributed by atoms with Crippen LogP contribution in [0.5, 0.6) is 0 Å². The third-order valence-corrected chi connectivity index (χ3v) is 4.96. The highest BCUT2D eigenvalue weighted by Crippen LogP contribution is 2.30. The van der Waals surface area contributed by atoms with E-state index in [0.717, 1.165) is 24.9 Å². The van der Waals surface area contributed by atoms with Crippen LogP contribution in [0, 0.1) is 6.92 Å². The summed E-state index contributed by atoms with van der Waals surface area (Å²) in [5, 5.41) is 2.53. The number of hydrogen-bond acceptors (Lipinski definition) is 3. The zero-order chi connectivity index (χ0) is 12.6. The number of amides is 1. The normalized spacial score (nSPS) is 25.1. The van der Waals surface area contributed by atoms with Gasteiger partial charge < -0.3 is 10.6 Å². The maximum atomic E-state index is 12.4. The van der Waals surface area contributed by atoms with Crippen molar-refractivity contribution in [2.24, 2.45) is 5.73 Å². The predicted molar refractivity (Wildman–Crippen MR) is 71.8 cm³/mol. The minimum absolute atomic E-state index is 0.0486. The largest absolute Gasteiger partial charge is 0.335 e. The molecule has 0 saturated carbocycles. The topological polar surface area (TPSA) is 46.3 Å². The molecule has 0 aromatic carbocycles. The van der Waals surface area contributed by atoms with Crippen LogP contribution in [0.15, 0.2) is 5.38 Å². The molecule has 3 nitrogen and oxygen atoms in total. The van der Waals surface area contributed by atoms with Gasteiger partial charge in [-0.15, -0.1) is 11.3 Å². The van der Waals surface area contributed by atoms with Crippen molar-refractivity contribution in [3.8, 4) is 0 Å². The van der Waals surface area contributed by atoms with Crippen molar-refractivity contribution < 1.29 is 4.79 Å². The fourth-order valence-corrected chi connectivity index (χ4v) is 3.44. The number of nitrogens with zero attached hydrogens (tertiary/aromatic N) is 1. The summed E-state index contributed by atoms with van der Waals surface area (Å²) >= 11 is 7.56. The van der Waals surface area contributed by atoms with Gasteiger partial charge in [0.25, 0.3) is 5.91 Å². The van der Waals surface area contributed by atoms with E-state index in [2.05, 4.69) is 0 Å². The summed E-state index contributed by atoms with van der Waals surface area (Å²) in [6, 6.07) is 0.416. The fraction of sp³-hybridized carbons (Fsp3) is 0.583. The Kier molecular flexibility index (Phi) is 3.76. The van der Waals surface area contributed by atoms with Gasteiger partial charge >= 0.3 is 0 Å². The van der Waals surface area contributed by atoms with Gasteiger partial charge in [-0.25, -0.2) is 0 Å². The van der Waals surface area contributed by atoms with Crippen molar-refractivity contribution >= 4 is 28.8 Å². The molecule has 2 rings (SSSR count). The maximum absolute atomic E-state index is 12.4. The highest BCUT2D eigenvalue weighted by Gasteiger charge is 2.29. The van der Waals surface area contributed by atoms with E-state index in [0.29, 0.717) is 9.90 Å². The van der Waals surface area contributed by atoms with Crippen molar-refractivity contribution in [3.05, 3.63) is 20.8 Å². The minimum Gasteiger partial charge on any atom is -0.335 e. The number of nitrogens with two attached hydrogens (primary N) is 1. The van der Waals surface area contributed by atoms with Crippen LogP contribution in [0.1, 0.15) is 35.0 Å². The van der Waals surface area contributed by atoms with E-state index in [1.165, 1.54) is 11.3 Å². The molecule has 1 amide bonds. The molecule has 2 atom stereocenters. The van der Waals surface area contributed by atoms with Gasteiger partial charge in [0.2, 0.25) is 0 Å². The Morgan fingerprint density at radius 3 is 2.88 bits per heavy atom. The Morgan fingerprint density at radius 2 is 2.35 bits per heavy atom. The first-order valence-electron chi connectivity index (χ1n) is 5.81. The van der Waals surface area contributed by atoms with Crippen LogP contribution < -0.4 is 5.73 Å². The SMILES string of the molecule is Cc1csc(C(=O)N2CCC(N)CC2C)c1Cl. The van der Waals surface area contributed by atoms with Crippen molar-refractivity contribution in [2.75, 3.05) is 6.54 Å². The minimum atomic E-state index is 0.0486. The van der Waals surface area contributed by atoms with Crippen LogP contribution >= 0.6 is 22.9 Å². The Bertz CT molecular complexity index is 432. The summed E-state index contributed by atoms with van der Waals surface area (Å²) in [6.07, 6.45) is 1.74. The second kappa shape index (κ2) is 4.96. The van der Waals surface area contributed by atoms with Gasteiger partial charge in [0.05, 0.1) is 5.02 Å². The molecule has 0 bridgehead atoms. The molecular formula is C12H17ClN2OS. The van der Waals surface area contributed by atoms with Crippen LogP contribution in [0.4, 0.5) is 0 Å². The smallest absolute Gasteiger partial charge is 0.265 e. The van der Waals surface area contributed by atoms with Gasteiger partial charge in [0, 0.05) is 18.6 Å². The number of carbonyl (C=O) groups is 1. The van der Waals surface area contributed by atoms with Gasteiger partial charge in [0.15, 0.2) is 0 Å². The average molecular weight is 273 g/mol. The molecule has 1 saturated heterocycles. The lowest BCUT2D eigenvalue weighted by atomic mass is 9.99. The van der Waals surface area contributed by atoms with Crippen molar-refractivity contribution in [3.63, 3.8) is 0 Å². The molecule has 94 valence electrons. The van der Waals surface area contributed by atoms with Crippen LogP contribution in [0.25, 0.3) is 0 Å². The van der Waals surface area contributed by atoms with Crippen LogP contribution in [-0.2, 0) is 0 Å². The molecule has 0 spiro atoms. The summed E-state index contributed by atoms with van der Waals surface area (Å²) in [7, 11) is 0. The van der Waals surface area contributed by atoms with E-state index in [9.17, 15) is 4.79 Å². The van der Waals surface area contributed by atoms with Crippen molar-refractivity contribution in [1.82, 2.24) is 4.90 Å². The number of likely N-dealkylation sites (tertiary alicyclic amines) is 1. The van der Waals surface area contributed by atoms with Crippen LogP contribution in [0.2, 0.25) is 5.02 Å². The van der Waals surface area contributed by atoms with E-state index in [-0.39, 0.29) is 18.0 Å². The number of rotatable bonds is 1. The molecule has 1 fully saturated rings. The number of carbonyl (C=O) groups excluding carboxylic acids is 1.